The van der Waals surface area contributed by atoms with Crippen LogP contribution < -0.4 is 0 Å². The van der Waals surface area contributed by atoms with E-state index in [1.807, 2.05) is 42.1 Å². The van der Waals surface area contributed by atoms with Crippen LogP contribution in [0.2, 0.25) is 0 Å². The molecule has 0 bridgehead atoms. The van der Waals surface area contributed by atoms with E-state index in [4.69, 9.17) is 4.74 Å². The van der Waals surface area contributed by atoms with Gasteiger partial charge in [0.25, 0.3) is 0 Å². The van der Waals surface area contributed by atoms with Crippen LogP contribution in [-0.2, 0) is 11.3 Å². The molecule has 0 amide bonds. The van der Waals surface area contributed by atoms with Crippen LogP contribution in [0.5, 0.6) is 0 Å². The lowest BCUT2D eigenvalue weighted by Gasteiger charge is -2.08. The Labute approximate surface area is 105 Å². The maximum absolute atomic E-state index is 11.8. The zero-order valence-electron chi connectivity index (χ0n) is 9.97. The topological polar surface area (TPSA) is 31.2 Å². The maximum atomic E-state index is 11.8. The van der Waals surface area contributed by atoms with Crippen molar-refractivity contribution in [3.05, 3.63) is 45.9 Å². The lowest BCUT2D eigenvalue weighted by Crippen LogP contribution is -2.13. The highest BCUT2D eigenvalue weighted by Crippen LogP contribution is 2.16. The Morgan fingerprint density at radius 2 is 2.29 bits per heavy atom. The van der Waals surface area contributed by atoms with Gasteiger partial charge in [-0.2, -0.15) is 0 Å². The largest absolute Gasteiger partial charge is 0.461 e. The third kappa shape index (κ3) is 2.58. The van der Waals surface area contributed by atoms with Crippen LogP contribution in [0.4, 0.5) is 0 Å². The molecule has 0 saturated carbocycles. The van der Waals surface area contributed by atoms with Crippen LogP contribution in [0, 0.1) is 6.92 Å². The highest BCUT2D eigenvalue weighted by atomic mass is 32.1. The van der Waals surface area contributed by atoms with E-state index in [0.717, 1.165) is 12.1 Å². The highest BCUT2D eigenvalue weighted by molar-refractivity contribution is 7.09. The van der Waals surface area contributed by atoms with E-state index in [2.05, 4.69) is 6.07 Å². The Morgan fingerprint density at radius 3 is 2.94 bits per heavy atom. The van der Waals surface area contributed by atoms with Crippen molar-refractivity contribution < 1.29 is 9.53 Å². The minimum atomic E-state index is -0.244. The molecule has 2 aromatic heterocycles. The van der Waals surface area contributed by atoms with E-state index in [9.17, 15) is 4.79 Å². The van der Waals surface area contributed by atoms with Gasteiger partial charge in [-0.1, -0.05) is 6.07 Å². The second kappa shape index (κ2) is 5.19. The van der Waals surface area contributed by atoms with Gasteiger partial charge in [0.05, 0.1) is 13.2 Å². The minimum absolute atomic E-state index is 0.244. The van der Waals surface area contributed by atoms with E-state index in [0.29, 0.717) is 12.3 Å². The monoisotopic (exact) mass is 249 g/mol. The van der Waals surface area contributed by atoms with Gasteiger partial charge in [0.2, 0.25) is 0 Å². The molecule has 0 aliphatic carbocycles. The molecule has 0 fully saturated rings. The average molecular weight is 249 g/mol. The molecule has 0 aromatic carbocycles. The van der Waals surface area contributed by atoms with Crippen molar-refractivity contribution in [1.29, 1.82) is 0 Å². The van der Waals surface area contributed by atoms with E-state index in [1.165, 1.54) is 4.88 Å². The fourth-order valence-corrected chi connectivity index (χ4v) is 2.46. The number of carbonyl (C=O) groups is 1. The number of carbonyl (C=O) groups excluding carboxylic acids is 1. The molecule has 0 spiro atoms. The summed E-state index contributed by atoms with van der Waals surface area (Å²) in [4.78, 5) is 13.1. The van der Waals surface area contributed by atoms with Crippen LogP contribution in [0.25, 0.3) is 0 Å². The van der Waals surface area contributed by atoms with Crippen molar-refractivity contribution in [3.8, 4) is 0 Å². The third-order valence-electron chi connectivity index (χ3n) is 2.54. The lowest BCUT2D eigenvalue weighted by atomic mass is 10.3. The number of nitrogens with zero attached hydrogens (tertiary/aromatic N) is 1. The van der Waals surface area contributed by atoms with Crippen molar-refractivity contribution in [2.24, 2.45) is 0 Å². The summed E-state index contributed by atoms with van der Waals surface area (Å²) < 4.78 is 7.01. The summed E-state index contributed by atoms with van der Waals surface area (Å²) in [5.41, 5.74) is 1.61. The van der Waals surface area contributed by atoms with Crippen LogP contribution in [0.15, 0.2) is 29.8 Å². The smallest absolute Gasteiger partial charge is 0.355 e. The zero-order valence-corrected chi connectivity index (χ0v) is 10.8. The van der Waals surface area contributed by atoms with Gasteiger partial charge >= 0.3 is 5.97 Å². The van der Waals surface area contributed by atoms with Gasteiger partial charge in [-0.25, -0.2) is 4.79 Å². The van der Waals surface area contributed by atoms with Crippen molar-refractivity contribution >= 4 is 17.3 Å². The van der Waals surface area contributed by atoms with Gasteiger partial charge in [-0.3, -0.25) is 0 Å². The Morgan fingerprint density at radius 1 is 1.47 bits per heavy atom. The summed E-state index contributed by atoms with van der Waals surface area (Å²) in [5.74, 6) is -0.244. The molecule has 2 heterocycles. The Balaban J connectivity index is 2.26. The molecule has 3 nitrogen and oxygen atoms in total. The molecule has 17 heavy (non-hydrogen) atoms. The Hall–Kier alpha value is -1.55. The molecule has 0 radical (unpaired) electrons. The van der Waals surface area contributed by atoms with Gasteiger partial charge in [0, 0.05) is 11.1 Å². The molecular weight excluding hydrogens is 234 g/mol. The average Bonchev–Trinajstić information content (AvgIpc) is 2.90. The molecular formula is C13H15NO2S. The van der Waals surface area contributed by atoms with Crippen LogP contribution in [0.3, 0.4) is 0 Å². The number of ether oxygens (including phenoxy) is 1. The summed E-state index contributed by atoms with van der Waals surface area (Å²) in [7, 11) is 0. The first-order valence-electron chi connectivity index (χ1n) is 5.57. The highest BCUT2D eigenvalue weighted by Gasteiger charge is 2.15. The quantitative estimate of drug-likeness (QED) is 0.780. The molecule has 0 unspecified atom stereocenters. The minimum Gasteiger partial charge on any atom is -0.461 e. The van der Waals surface area contributed by atoms with Crippen molar-refractivity contribution in [1.82, 2.24) is 4.57 Å². The normalized spacial score (nSPS) is 10.5. The third-order valence-corrected chi connectivity index (χ3v) is 3.40. The second-order valence-corrected chi connectivity index (χ2v) is 4.81. The first-order valence-corrected chi connectivity index (χ1v) is 6.45. The predicted octanol–water partition coefficient (Wildman–Crippen LogP) is 3.08. The molecule has 0 atom stereocenters. The van der Waals surface area contributed by atoms with Crippen LogP contribution in [0.1, 0.15) is 27.9 Å². The summed E-state index contributed by atoms with van der Waals surface area (Å²) in [6.45, 7) is 4.87. The van der Waals surface area contributed by atoms with Gasteiger partial charge in [-0.15, -0.1) is 11.3 Å². The van der Waals surface area contributed by atoms with Crippen molar-refractivity contribution in [2.45, 2.75) is 20.4 Å². The van der Waals surface area contributed by atoms with Crippen molar-refractivity contribution in [2.75, 3.05) is 6.61 Å². The summed E-state index contributed by atoms with van der Waals surface area (Å²) in [6.07, 6.45) is 1.93. The number of aryl methyl sites for hydroxylation is 1. The number of aromatic nitrogens is 1. The molecule has 0 saturated heterocycles. The van der Waals surface area contributed by atoms with Gasteiger partial charge in [-0.05, 0) is 36.9 Å². The van der Waals surface area contributed by atoms with Crippen molar-refractivity contribution in [3.63, 3.8) is 0 Å². The summed E-state index contributed by atoms with van der Waals surface area (Å²) in [5, 5.41) is 2.04. The fraction of sp³-hybridized carbons (Fsp3) is 0.308. The van der Waals surface area contributed by atoms with Gasteiger partial charge in [0.15, 0.2) is 0 Å². The Kier molecular flexibility index (Phi) is 3.64. The lowest BCUT2D eigenvalue weighted by molar-refractivity contribution is 0.0513. The van der Waals surface area contributed by atoms with E-state index < -0.39 is 0 Å². The zero-order chi connectivity index (χ0) is 12.3. The number of rotatable bonds is 4. The number of esters is 1. The summed E-state index contributed by atoms with van der Waals surface area (Å²) in [6, 6.07) is 6.02. The predicted molar refractivity (Wildman–Crippen MR) is 68.5 cm³/mol. The first kappa shape index (κ1) is 11.9. The second-order valence-electron chi connectivity index (χ2n) is 3.78. The molecule has 2 aromatic rings. The molecule has 2 rings (SSSR count). The molecule has 0 aliphatic heterocycles. The van der Waals surface area contributed by atoms with Crippen LogP contribution >= 0.6 is 11.3 Å². The Bertz CT molecular complexity index is 499. The fourth-order valence-electron chi connectivity index (χ4n) is 1.76. The number of hydrogen-bond donors (Lipinski definition) is 0. The summed E-state index contributed by atoms with van der Waals surface area (Å²) >= 11 is 1.69. The molecule has 4 heteroatoms. The van der Waals surface area contributed by atoms with Crippen LogP contribution in [-0.4, -0.2) is 17.1 Å². The standard InChI is InChI=1S/C13H15NO2S/c1-3-16-13(15)12-10(2)6-7-14(12)9-11-5-4-8-17-11/h4-8H,3,9H2,1-2H3. The first-order chi connectivity index (χ1) is 8.22. The van der Waals surface area contributed by atoms with E-state index >= 15 is 0 Å². The van der Waals surface area contributed by atoms with E-state index in [1.54, 1.807) is 11.3 Å². The SMILES string of the molecule is CCOC(=O)c1c(C)ccn1Cc1cccs1. The van der Waals surface area contributed by atoms with Gasteiger partial charge < -0.3 is 9.30 Å². The molecule has 0 N–H and O–H groups in total. The maximum Gasteiger partial charge on any atom is 0.355 e. The van der Waals surface area contributed by atoms with Gasteiger partial charge in [0.1, 0.15) is 5.69 Å². The van der Waals surface area contributed by atoms with E-state index in [-0.39, 0.29) is 5.97 Å². The molecule has 0 aliphatic rings. The number of thiophene rings is 1. The number of hydrogen-bond acceptors (Lipinski definition) is 3. The molecule has 90 valence electrons.